The lowest BCUT2D eigenvalue weighted by Gasteiger charge is -2.24. The summed E-state index contributed by atoms with van der Waals surface area (Å²) in [5.41, 5.74) is 5.42. The van der Waals surface area contributed by atoms with Crippen LogP contribution in [0.2, 0.25) is 0 Å². The van der Waals surface area contributed by atoms with E-state index in [1.54, 1.807) is 26.2 Å². The van der Waals surface area contributed by atoms with Crippen molar-refractivity contribution in [3.63, 3.8) is 0 Å². The summed E-state index contributed by atoms with van der Waals surface area (Å²) in [5, 5.41) is 0.904. The maximum atomic E-state index is 12.4. The first-order valence-corrected chi connectivity index (χ1v) is 11.3. The third kappa shape index (κ3) is 3.54. The Bertz CT molecular complexity index is 1300. The van der Waals surface area contributed by atoms with E-state index in [1.165, 1.54) is 6.26 Å². The van der Waals surface area contributed by atoms with Gasteiger partial charge in [0.25, 0.3) is 0 Å². The summed E-state index contributed by atoms with van der Waals surface area (Å²) in [4.78, 5) is 9.01. The minimum absolute atomic E-state index is 0.737. The van der Waals surface area contributed by atoms with E-state index in [2.05, 4.69) is 16.0 Å². The van der Waals surface area contributed by atoms with Crippen molar-refractivity contribution in [3.05, 3.63) is 84.8 Å². The largest absolute Gasteiger partial charge is 0.263 e. The normalized spacial score (nSPS) is 12.2. The van der Waals surface area contributed by atoms with Crippen molar-refractivity contribution in [2.45, 2.75) is 18.6 Å². The van der Waals surface area contributed by atoms with Crippen molar-refractivity contribution < 1.29 is 8.42 Å². The van der Waals surface area contributed by atoms with Crippen LogP contribution in [0.5, 0.6) is 0 Å². The Hall–Kier alpha value is -3.05. The third-order valence-electron chi connectivity index (χ3n) is 5.48. The minimum atomic E-state index is -3.31. The summed E-state index contributed by atoms with van der Waals surface area (Å²) >= 11 is 0. The van der Waals surface area contributed by atoms with Crippen molar-refractivity contribution in [1.29, 1.82) is 0 Å². The van der Waals surface area contributed by atoms with E-state index in [9.17, 15) is 8.42 Å². The van der Waals surface area contributed by atoms with Gasteiger partial charge in [0.05, 0.1) is 10.3 Å². The van der Waals surface area contributed by atoms with Gasteiger partial charge in [-0.1, -0.05) is 36.4 Å². The molecule has 0 unspecified atom stereocenters. The summed E-state index contributed by atoms with van der Waals surface area (Å²) in [5.74, 6) is 0. The molecule has 2 aromatic carbocycles. The number of benzene rings is 2. The average molecular weight is 403 g/mol. The van der Waals surface area contributed by atoms with Crippen molar-refractivity contribution in [2.75, 3.05) is 6.26 Å². The topological polar surface area (TPSA) is 59.9 Å². The lowest BCUT2D eigenvalue weighted by Crippen LogP contribution is -2.28. The number of hydrogen-bond donors (Lipinski definition) is 0. The number of nitrogens with zero attached hydrogens (tertiary/aromatic N) is 2. The van der Waals surface area contributed by atoms with Crippen molar-refractivity contribution in [1.82, 2.24) is 9.97 Å². The molecule has 0 saturated carbocycles. The van der Waals surface area contributed by atoms with Gasteiger partial charge < -0.3 is 0 Å². The van der Waals surface area contributed by atoms with Crippen LogP contribution in [0.25, 0.3) is 33.2 Å². The number of pyridine rings is 2. The van der Waals surface area contributed by atoms with Crippen LogP contribution in [-0.4, -0.2) is 24.6 Å². The summed E-state index contributed by atoms with van der Waals surface area (Å²) < 4.78 is 23.9. The molecule has 0 radical (unpaired) electrons. The van der Waals surface area contributed by atoms with Crippen LogP contribution >= 0.6 is 0 Å². The van der Waals surface area contributed by atoms with Gasteiger partial charge in [-0.3, -0.25) is 9.97 Å². The molecule has 4 rings (SSSR count). The first-order valence-electron chi connectivity index (χ1n) is 9.37. The summed E-state index contributed by atoms with van der Waals surface area (Å²) in [6.45, 7) is 3.48. The molecule has 0 bridgehead atoms. The van der Waals surface area contributed by atoms with Gasteiger partial charge in [-0.15, -0.1) is 0 Å². The molecular formula is C24H22N2O2S. The second-order valence-electron chi connectivity index (χ2n) is 7.71. The van der Waals surface area contributed by atoms with Crippen LogP contribution in [0.3, 0.4) is 0 Å². The van der Waals surface area contributed by atoms with Crippen molar-refractivity contribution >= 4 is 20.7 Å². The molecule has 0 atom stereocenters. The van der Waals surface area contributed by atoms with Crippen LogP contribution in [0.1, 0.15) is 19.4 Å². The Morgan fingerprint density at radius 2 is 1.55 bits per heavy atom. The van der Waals surface area contributed by atoms with E-state index in [1.807, 2.05) is 60.8 Å². The zero-order chi connectivity index (χ0) is 20.6. The fourth-order valence-corrected chi connectivity index (χ4v) is 3.90. The van der Waals surface area contributed by atoms with Gasteiger partial charge in [0, 0.05) is 46.9 Å². The monoisotopic (exact) mass is 402 g/mol. The third-order valence-corrected chi connectivity index (χ3v) is 7.57. The molecule has 146 valence electrons. The molecular weight excluding hydrogens is 380 g/mol. The zero-order valence-electron chi connectivity index (χ0n) is 16.6. The van der Waals surface area contributed by atoms with E-state index in [0.29, 0.717) is 0 Å². The molecule has 2 aromatic heterocycles. The highest BCUT2D eigenvalue weighted by molar-refractivity contribution is 7.91. The smallest absolute Gasteiger partial charge is 0.156 e. The fourth-order valence-electron chi connectivity index (χ4n) is 3.35. The van der Waals surface area contributed by atoms with E-state index in [4.69, 9.17) is 0 Å². The van der Waals surface area contributed by atoms with Gasteiger partial charge >= 0.3 is 0 Å². The lowest BCUT2D eigenvalue weighted by atomic mass is 9.93. The van der Waals surface area contributed by atoms with Crippen LogP contribution in [-0.2, 0) is 14.6 Å². The summed E-state index contributed by atoms with van der Waals surface area (Å²) in [6, 6.07) is 19.8. The second-order valence-corrected chi connectivity index (χ2v) is 10.3. The Balaban J connectivity index is 1.97. The fraction of sp³-hybridized carbons (Fsp3) is 0.167. The van der Waals surface area contributed by atoms with Crippen LogP contribution < -0.4 is 0 Å². The molecule has 5 heteroatoms. The number of fused-ring (bicyclic) bond motifs is 1. The second kappa shape index (κ2) is 7.08. The molecule has 0 fully saturated rings. The zero-order valence-corrected chi connectivity index (χ0v) is 17.4. The molecule has 0 amide bonds. The highest BCUT2D eigenvalue weighted by Crippen LogP contribution is 2.37. The maximum Gasteiger partial charge on any atom is 0.156 e. The molecule has 29 heavy (non-hydrogen) atoms. The molecule has 0 aliphatic heterocycles. The van der Waals surface area contributed by atoms with Gasteiger partial charge in [-0.05, 0) is 49.2 Å². The highest BCUT2D eigenvalue weighted by Gasteiger charge is 2.33. The molecule has 0 spiro atoms. The van der Waals surface area contributed by atoms with E-state index in [-0.39, 0.29) is 0 Å². The molecule has 2 heterocycles. The molecule has 0 N–H and O–H groups in total. The number of hydrogen-bond acceptors (Lipinski definition) is 4. The SMILES string of the molecule is CC(C)(c1cc(-c2cncc(-c3ccccc3)c2)c2ncccc2c1)S(C)(=O)=O. The van der Waals surface area contributed by atoms with E-state index in [0.717, 1.165) is 38.7 Å². The van der Waals surface area contributed by atoms with Gasteiger partial charge in [0.2, 0.25) is 0 Å². The number of rotatable bonds is 4. The number of sulfone groups is 1. The van der Waals surface area contributed by atoms with Gasteiger partial charge in [-0.25, -0.2) is 8.42 Å². The van der Waals surface area contributed by atoms with Gasteiger partial charge in [0.15, 0.2) is 9.84 Å². The molecule has 4 aromatic rings. The Morgan fingerprint density at radius 3 is 2.28 bits per heavy atom. The summed E-state index contributed by atoms with van der Waals surface area (Å²) in [6.07, 6.45) is 6.66. The minimum Gasteiger partial charge on any atom is -0.263 e. The predicted molar refractivity (Wildman–Crippen MR) is 118 cm³/mol. The number of aromatic nitrogens is 2. The maximum absolute atomic E-state index is 12.4. The van der Waals surface area contributed by atoms with Crippen molar-refractivity contribution in [2.24, 2.45) is 0 Å². The molecule has 0 saturated heterocycles. The highest BCUT2D eigenvalue weighted by atomic mass is 32.2. The van der Waals surface area contributed by atoms with E-state index >= 15 is 0 Å². The predicted octanol–water partition coefficient (Wildman–Crippen LogP) is 5.24. The van der Waals surface area contributed by atoms with Gasteiger partial charge in [0.1, 0.15) is 0 Å². The van der Waals surface area contributed by atoms with Gasteiger partial charge in [-0.2, -0.15) is 0 Å². The molecule has 0 aliphatic carbocycles. The first-order chi connectivity index (χ1) is 13.8. The lowest BCUT2D eigenvalue weighted by molar-refractivity contribution is 0.561. The Morgan fingerprint density at radius 1 is 0.828 bits per heavy atom. The quantitative estimate of drug-likeness (QED) is 0.468. The molecule has 0 aliphatic rings. The summed E-state index contributed by atoms with van der Waals surface area (Å²) in [7, 11) is -3.31. The van der Waals surface area contributed by atoms with Crippen LogP contribution in [0.4, 0.5) is 0 Å². The van der Waals surface area contributed by atoms with Crippen LogP contribution in [0, 0.1) is 0 Å². The Kier molecular flexibility index (Phi) is 4.71. The van der Waals surface area contributed by atoms with E-state index < -0.39 is 14.6 Å². The Labute approximate surface area is 171 Å². The van der Waals surface area contributed by atoms with Crippen molar-refractivity contribution in [3.8, 4) is 22.3 Å². The van der Waals surface area contributed by atoms with Crippen LogP contribution in [0.15, 0.2) is 79.3 Å². The first kappa shape index (κ1) is 19.3. The standard InChI is InChI=1S/C24H22N2O2S/c1-24(2,29(3,27)28)21-13-18-10-7-11-26-23(18)22(14-21)20-12-19(15-25-16-20)17-8-5-4-6-9-17/h4-16H,1-3H3. The average Bonchev–Trinajstić information content (AvgIpc) is 2.73. The molecule has 4 nitrogen and oxygen atoms in total.